The van der Waals surface area contributed by atoms with E-state index in [9.17, 15) is 4.79 Å². The zero-order valence-corrected chi connectivity index (χ0v) is 8.66. The summed E-state index contributed by atoms with van der Waals surface area (Å²) in [5, 5.41) is 0. The maximum Gasteiger partial charge on any atom is 0.242 e. The van der Waals surface area contributed by atoms with Gasteiger partial charge in [0.25, 0.3) is 0 Å². The lowest BCUT2D eigenvalue weighted by atomic mass is 9.99. The van der Waals surface area contributed by atoms with Crippen molar-refractivity contribution in [1.29, 1.82) is 0 Å². The summed E-state index contributed by atoms with van der Waals surface area (Å²) in [6, 6.07) is 3.89. The molecule has 0 saturated heterocycles. The van der Waals surface area contributed by atoms with E-state index in [0.29, 0.717) is 0 Å². The zero-order valence-electron chi connectivity index (χ0n) is 8.66. The molecule has 4 nitrogen and oxygen atoms in total. The topological polar surface area (TPSA) is 60.1 Å². The lowest BCUT2D eigenvalue weighted by molar-refractivity contribution is -0.122. The summed E-state index contributed by atoms with van der Waals surface area (Å²) >= 11 is 0. The van der Waals surface area contributed by atoms with Crippen molar-refractivity contribution in [1.82, 2.24) is 9.99 Å². The molecule has 1 amide bonds. The normalized spacial score (nSPS) is 12.5. The number of nitrogens with one attached hydrogen (secondary N) is 1. The van der Waals surface area contributed by atoms with Crippen molar-refractivity contribution < 1.29 is 4.79 Å². The van der Waals surface area contributed by atoms with Gasteiger partial charge in [-0.25, -0.2) is 5.84 Å². The molecule has 3 N–H and O–H groups in total. The van der Waals surface area contributed by atoms with Crippen LogP contribution in [0.3, 0.4) is 0 Å². The van der Waals surface area contributed by atoms with Gasteiger partial charge in [-0.3, -0.25) is 10.2 Å². The van der Waals surface area contributed by atoms with Gasteiger partial charge in [-0.1, -0.05) is 13.3 Å². The minimum atomic E-state index is -0.134. The molecule has 1 rings (SSSR count). The zero-order chi connectivity index (χ0) is 10.6. The molecule has 0 fully saturated rings. The third kappa shape index (κ3) is 2.14. The first kappa shape index (κ1) is 10.8. The van der Waals surface area contributed by atoms with Crippen molar-refractivity contribution in [2.24, 2.45) is 12.9 Å². The van der Waals surface area contributed by atoms with Gasteiger partial charge in [0.2, 0.25) is 5.91 Å². The van der Waals surface area contributed by atoms with E-state index in [2.05, 4.69) is 12.3 Å². The van der Waals surface area contributed by atoms with Crippen molar-refractivity contribution in [3.05, 3.63) is 24.0 Å². The lowest BCUT2D eigenvalue weighted by Crippen LogP contribution is -2.35. The molecular formula is C10H17N3O. The number of aromatic nitrogens is 1. The number of aryl methyl sites for hydroxylation is 1. The fourth-order valence-electron chi connectivity index (χ4n) is 1.64. The number of nitrogens with two attached hydrogens (primary N) is 1. The van der Waals surface area contributed by atoms with Crippen LogP contribution in [0.25, 0.3) is 0 Å². The molecule has 0 aliphatic carbocycles. The molecule has 14 heavy (non-hydrogen) atoms. The van der Waals surface area contributed by atoms with Crippen LogP contribution in [-0.4, -0.2) is 10.5 Å². The molecule has 1 aromatic rings. The third-order valence-electron chi connectivity index (χ3n) is 2.38. The second kappa shape index (κ2) is 4.81. The highest BCUT2D eigenvalue weighted by atomic mass is 16.2. The Labute approximate surface area is 84.1 Å². The quantitative estimate of drug-likeness (QED) is 0.426. The van der Waals surface area contributed by atoms with E-state index in [1.807, 2.05) is 29.9 Å². The molecule has 4 heteroatoms. The Morgan fingerprint density at radius 1 is 1.71 bits per heavy atom. The van der Waals surface area contributed by atoms with E-state index >= 15 is 0 Å². The molecule has 0 aliphatic heterocycles. The summed E-state index contributed by atoms with van der Waals surface area (Å²) in [5.74, 6) is 4.90. The van der Waals surface area contributed by atoms with Gasteiger partial charge in [0.05, 0.1) is 5.92 Å². The number of amides is 1. The summed E-state index contributed by atoms with van der Waals surface area (Å²) in [7, 11) is 1.93. The highest BCUT2D eigenvalue weighted by Gasteiger charge is 2.20. The first-order valence-corrected chi connectivity index (χ1v) is 4.82. The molecule has 0 spiro atoms. The molecule has 0 aromatic carbocycles. The van der Waals surface area contributed by atoms with Crippen LogP contribution in [0, 0.1) is 0 Å². The Bertz CT molecular complexity index is 306. The summed E-state index contributed by atoms with van der Waals surface area (Å²) in [6.45, 7) is 2.06. The van der Waals surface area contributed by atoms with Crippen molar-refractivity contribution in [3.8, 4) is 0 Å². The van der Waals surface area contributed by atoms with E-state index in [4.69, 9.17) is 5.84 Å². The second-order valence-corrected chi connectivity index (χ2v) is 3.39. The number of carbonyl (C=O) groups is 1. The van der Waals surface area contributed by atoms with Crippen LogP contribution in [0.15, 0.2) is 18.3 Å². The fourth-order valence-corrected chi connectivity index (χ4v) is 1.64. The van der Waals surface area contributed by atoms with Gasteiger partial charge >= 0.3 is 0 Å². The van der Waals surface area contributed by atoms with Crippen molar-refractivity contribution >= 4 is 5.91 Å². The van der Waals surface area contributed by atoms with Crippen molar-refractivity contribution in [2.75, 3.05) is 0 Å². The van der Waals surface area contributed by atoms with Gasteiger partial charge in [0.15, 0.2) is 0 Å². The van der Waals surface area contributed by atoms with Gasteiger partial charge in [-0.2, -0.15) is 0 Å². The SMILES string of the molecule is CCCC(C(=O)NN)c1cccn1C. The first-order chi connectivity index (χ1) is 6.70. The Hall–Kier alpha value is -1.29. The Kier molecular flexibility index (Phi) is 3.71. The largest absolute Gasteiger partial charge is 0.354 e. The van der Waals surface area contributed by atoms with Crippen molar-refractivity contribution in [2.45, 2.75) is 25.7 Å². The summed E-state index contributed by atoms with van der Waals surface area (Å²) in [6.07, 6.45) is 3.71. The van der Waals surface area contributed by atoms with Gasteiger partial charge < -0.3 is 4.57 Å². The summed E-state index contributed by atoms with van der Waals surface area (Å²) < 4.78 is 1.95. The average molecular weight is 195 g/mol. The van der Waals surface area contributed by atoms with Crippen LogP contribution in [0.1, 0.15) is 31.4 Å². The molecule has 1 aromatic heterocycles. The number of carbonyl (C=O) groups excluding carboxylic acids is 1. The Morgan fingerprint density at radius 2 is 2.43 bits per heavy atom. The first-order valence-electron chi connectivity index (χ1n) is 4.82. The van der Waals surface area contributed by atoms with E-state index in [-0.39, 0.29) is 11.8 Å². The van der Waals surface area contributed by atoms with Crippen LogP contribution in [0.5, 0.6) is 0 Å². The molecular weight excluding hydrogens is 178 g/mol. The molecule has 0 radical (unpaired) electrons. The van der Waals surface area contributed by atoms with Crippen LogP contribution in [-0.2, 0) is 11.8 Å². The van der Waals surface area contributed by atoms with Gasteiger partial charge in [-0.15, -0.1) is 0 Å². The monoisotopic (exact) mass is 195 g/mol. The van der Waals surface area contributed by atoms with Crippen molar-refractivity contribution in [3.63, 3.8) is 0 Å². The number of hydrogen-bond acceptors (Lipinski definition) is 2. The smallest absolute Gasteiger partial charge is 0.242 e. The Morgan fingerprint density at radius 3 is 2.86 bits per heavy atom. The van der Waals surface area contributed by atoms with E-state index in [1.165, 1.54) is 0 Å². The number of hydrazine groups is 1. The van der Waals surface area contributed by atoms with Gasteiger partial charge in [0, 0.05) is 18.9 Å². The molecule has 0 saturated carbocycles. The van der Waals surface area contributed by atoms with Crippen LogP contribution in [0.2, 0.25) is 0 Å². The minimum absolute atomic E-state index is 0.117. The van der Waals surface area contributed by atoms with Gasteiger partial charge in [0.1, 0.15) is 0 Å². The van der Waals surface area contributed by atoms with Crippen LogP contribution >= 0.6 is 0 Å². The highest BCUT2D eigenvalue weighted by molar-refractivity contribution is 5.82. The average Bonchev–Trinajstić information content (AvgIpc) is 2.60. The predicted octanol–water partition coefficient (Wildman–Crippen LogP) is 0.899. The van der Waals surface area contributed by atoms with E-state index < -0.39 is 0 Å². The van der Waals surface area contributed by atoms with E-state index in [1.54, 1.807) is 0 Å². The molecule has 78 valence electrons. The second-order valence-electron chi connectivity index (χ2n) is 3.39. The maximum absolute atomic E-state index is 11.5. The summed E-state index contributed by atoms with van der Waals surface area (Å²) in [5.41, 5.74) is 3.22. The molecule has 1 unspecified atom stereocenters. The Balaban J connectivity index is 2.88. The molecule has 0 bridgehead atoms. The van der Waals surface area contributed by atoms with E-state index in [0.717, 1.165) is 18.5 Å². The predicted molar refractivity (Wildman–Crippen MR) is 55.4 cm³/mol. The van der Waals surface area contributed by atoms with Gasteiger partial charge in [-0.05, 0) is 18.6 Å². The number of rotatable bonds is 4. The molecule has 1 heterocycles. The van der Waals surface area contributed by atoms with Crippen LogP contribution in [0.4, 0.5) is 0 Å². The summed E-state index contributed by atoms with van der Waals surface area (Å²) in [4.78, 5) is 11.5. The van der Waals surface area contributed by atoms with Crippen LogP contribution < -0.4 is 11.3 Å². The number of nitrogens with zero attached hydrogens (tertiary/aromatic N) is 1. The molecule has 1 atom stereocenters. The maximum atomic E-state index is 11.5. The lowest BCUT2D eigenvalue weighted by Gasteiger charge is -2.15. The highest BCUT2D eigenvalue weighted by Crippen LogP contribution is 2.21. The molecule has 0 aliphatic rings. The fraction of sp³-hybridized carbons (Fsp3) is 0.500. The number of hydrogen-bond donors (Lipinski definition) is 2. The standard InChI is InChI=1S/C10H17N3O/c1-3-5-8(10(14)12-11)9-6-4-7-13(9)2/h4,6-8H,3,5,11H2,1-2H3,(H,12,14). The minimum Gasteiger partial charge on any atom is -0.354 e. The third-order valence-corrected chi connectivity index (χ3v) is 2.38.